The molecule has 3 rings (SSSR count). The van der Waals surface area contributed by atoms with E-state index in [9.17, 15) is 4.79 Å². The summed E-state index contributed by atoms with van der Waals surface area (Å²) in [4.78, 5) is 14.1. The van der Waals surface area contributed by atoms with E-state index in [0.29, 0.717) is 12.2 Å². The molecule has 1 aliphatic heterocycles. The number of aromatic nitrogens is 4. The first-order valence-corrected chi connectivity index (χ1v) is 6.22. The van der Waals surface area contributed by atoms with E-state index in [2.05, 4.69) is 20.4 Å². The molecule has 1 aliphatic rings. The first kappa shape index (κ1) is 11.2. The van der Waals surface area contributed by atoms with E-state index < -0.39 is 0 Å². The van der Waals surface area contributed by atoms with E-state index in [1.807, 2.05) is 19.1 Å². The number of hydrogen-bond acceptors (Lipinski definition) is 5. The number of rotatable bonds is 2. The molecule has 7 nitrogen and oxygen atoms in total. The van der Waals surface area contributed by atoms with Crippen LogP contribution >= 0.6 is 0 Å². The van der Waals surface area contributed by atoms with E-state index in [0.717, 1.165) is 32.0 Å². The average molecular weight is 248 g/mol. The van der Waals surface area contributed by atoms with Gasteiger partial charge in [0.15, 0.2) is 5.65 Å². The lowest BCUT2D eigenvalue weighted by molar-refractivity contribution is 0.579. The van der Waals surface area contributed by atoms with Crippen molar-refractivity contribution in [2.75, 3.05) is 31.1 Å². The molecule has 2 aromatic rings. The summed E-state index contributed by atoms with van der Waals surface area (Å²) in [5.74, 6) is 0.835. The van der Waals surface area contributed by atoms with Crippen LogP contribution in [-0.4, -0.2) is 45.6 Å². The standard InChI is InChI=1S/C11H16N6O/c1-2-16-11(18)17-10(13-16)4-3-9(14-17)15-7-5-12-6-8-15/h3-4,12H,2,5-8H2,1H3. The lowest BCUT2D eigenvalue weighted by Gasteiger charge is -2.27. The fraction of sp³-hybridized carbons (Fsp3) is 0.545. The molecule has 0 amide bonds. The molecule has 3 heterocycles. The molecule has 0 aromatic carbocycles. The third kappa shape index (κ3) is 1.76. The Kier molecular flexibility index (Phi) is 2.75. The molecule has 0 unspecified atom stereocenters. The quantitative estimate of drug-likeness (QED) is 0.763. The first-order valence-electron chi connectivity index (χ1n) is 6.22. The normalized spacial score (nSPS) is 16.4. The van der Waals surface area contributed by atoms with Crippen LogP contribution in [-0.2, 0) is 6.54 Å². The Morgan fingerprint density at radius 3 is 2.78 bits per heavy atom. The molecule has 18 heavy (non-hydrogen) atoms. The number of hydrogen-bond donors (Lipinski definition) is 1. The molecule has 1 fully saturated rings. The van der Waals surface area contributed by atoms with Crippen molar-refractivity contribution in [3.8, 4) is 0 Å². The maximum atomic E-state index is 12.0. The van der Waals surface area contributed by atoms with E-state index in [1.54, 1.807) is 0 Å². The molecule has 0 bridgehead atoms. The molecular weight excluding hydrogens is 232 g/mol. The summed E-state index contributed by atoms with van der Waals surface area (Å²) < 4.78 is 2.80. The van der Waals surface area contributed by atoms with Gasteiger partial charge in [-0.3, -0.25) is 0 Å². The number of aryl methyl sites for hydroxylation is 1. The van der Waals surface area contributed by atoms with Gasteiger partial charge in [-0.05, 0) is 19.1 Å². The molecule has 1 N–H and O–H groups in total. The SMILES string of the molecule is CCn1nc2ccc(N3CCNCC3)nn2c1=O. The zero-order chi connectivity index (χ0) is 12.5. The van der Waals surface area contributed by atoms with Crippen molar-refractivity contribution in [3.63, 3.8) is 0 Å². The third-order valence-corrected chi connectivity index (χ3v) is 3.17. The van der Waals surface area contributed by atoms with E-state index in [4.69, 9.17) is 0 Å². The van der Waals surface area contributed by atoms with Crippen LogP contribution in [0.25, 0.3) is 5.65 Å². The molecule has 7 heteroatoms. The summed E-state index contributed by atoms with van der Waals surface area (Å²) in [6.45, 7) is 6.17. The smallest absolute Gasteiger partial charge is 0.353 e. The van der Waals surface area contributed by atoms with Crippen LogP contribution in [0.3, 0.4) is 0 Å². The second kappa shape index (κ2) is 4.41. The molecule has 0 spiro atoms. The summed E-state index contributed by atoms with van der Waals surface area (Å²) in [6, 6.07) is 3.77. The van der Waals surface area contributed by atoms with Crippen molar-refractivity contribution >= 4 is 11.5 Å². The van der Waals surface area contributed by atoms with Gasteiger partial charge in [-0.25, -0.2) is 9.48 Å². The van der Waals surface area contributed by atoms with Gasteiger partial charge >= 0.3 is 5.69 Å². The second-order valence-electron chi connectivity index (χ2n) is 4.30. The van der Waals surface area contributed by atoms with Gasteiger partial charge in [-0.1, -0.05) is 0 Å². The Hall–Kier alpha value is -1.89. The molecule has 0 saturated carbocycles. The Labute approximate surface area is 104 Å². The highest BCUT2D eigenvalue weighted by Crippen LogP contribution is 2.10. The van der Waals surface area contributed by atoms with Crippen LogP contribution in [0.15, 0.2) is 16.9 Å². The van der Waals surface area contributed by atoms with Gasteiger partial charge in [0.1, 0.15) is 5.82 Å². The Balaban J connectivity index is 2.04. The molecule has 0 atom stereocenters. The zero-order valence-electron chi connectivity index (χ0n) is 10.3. The Bertz CT molecular complexity index is 610. The van der Waals surface area contributed by atoms with Gasteiger partial charge in [0, 0.05) is 32.7 Å². The molecule has 2 aromatic heterocycles. The number of nitrogens with zero attached hydrogens (tertiary/aromatic N) is 5. The van der Waals surface area contributed by atoms with Gasteiger partial charge in [-0.2, -0.15) is 4.52 Å². The zero-order valence-corrected chi connectivity index (χ0v) is 10.3. The number of piperazine rings is 1. The van der Waals surface area contributed by atoms with Gasteiger partial charge < -0.3 is 10.2 Å². The number of fused-ring (bicyclic) bond motifs is 1. The van der Waals surface area contributed by atoms with E-state index in [1.165, 1.54) is 9.20 Å². The van der Waals surface area contributed by atoms with E-state index in [-0.39, 0.29) is 5.69 Å². The van der Waals surface area contributed by atoms with Crippen molar-refractivity contribution < 1.29 is 0 Å². The van der Waals surface area contributed by atoms with Crippen molar-refractivity contribution in [2.45, 2.75) is 13.5 Å². The highest BCUT2D eigenvalue weighted by atomic mass is 16.2. The van der Waals surface area contributed by atoms with Crippen LogP contribution < -0.4 is 15.9 Å². The van der Waals surface area contributed by atoms with Crippen LogP contribution in [0.1, 0.15) is 6.92 Å². The van der Waals surface area contributed by atoms with Crippen molar-refractivity contribution in [1.29, 1.82) is 0 Å². The highest BCUT2D eigenvalue weighted by Gasteiger charge is 2.14. The van der Waals surface area contributed by atoms with Crippen LogP contribution in [0.4, 0.5) is 5.82 Å². The molecule has 0 aliphatic carbocycles. The van der Waals surface area contributed by atoms with E-state index >= 15 is 0 Å². The molecular formula is C11H16N6O. The topological polar surface area (TPSA) is 67.5 Å². The van der Waals surface area contributed by atoms with Crippen LogP contribution in [0.5, 0.6) is 0 Å². The number of anilines is 1. The van der Waals surface area contributed by atoms with Gasteiger partial charge in [-0.15, -0.1) is 10.2 Å². The van der Waals surface area contributed by atoms with Crippen molar-refractivity contribution in [3.05, 3.63) is 22.6 Å². The molecule has 0 radical (unpaired) electrons. The fourth-order valence-electron chi connectivity index (χ4n) is 2.17. The van der Waals surface area contributed by atoms with Gasteiger partial charge in [0.2, 0.25) is 0 Å². The lowest BCUT2D eigenvalue weighted by Crippen LogP contribution is -2.44. The highest BCUT2D eigenvalue weighted by molar-refractivity contribution is 5.45. The van der Waals surface area contributed by atoms with Crippen LogP contribution in [0.2, 0.25) is 0 Å². The largest absolute Gasteiger partial charge is 0.367 e. The lowest BCUT2D eigenvalue weighted by atomic mass is 10.3. The van der Waals surface area contributed by atoms with Gasteiger partial charge in [0.25, 0.3) is 0 Å². The predicted molar refractivity (Wildman–Crippen MR) is 68.0 cm³/mol. The Morgan fingerprint density at radius 2 is 2.06 bits per heavy atom. The minimum absolute atomic E-state index is 0.176. The molecule has 1 saturated heterocycles. The second-order valence-corrected chi connectivity index (χ2v) is 4.30. The maximum Gasteiger partial charge on any atom is 0.367 e. The number of nitrogens with one attached hydrogen (secondary N) is 1. The maximum absolute atomic E-state index is 12.0. The minimum Gasteiger partial charge on any atom is -0.353 e. The first-order chi connectivity index (χ1) is 8.79. The summed E-state index contributed by atoms with van der Waals surface area (Å²) in [7, 11) is 0. The fourth-order valence-corrected chi connectivity index (χ4v) is 2.17. The monoisotopic (exact) mass is 248 g/mol. The Morgan fingerprint density at radius 1 is 1.28 bits per heavy atom. The third-order valence-electron chi connectivity index (χ3n) is 3.17. The average Bonchev–Trinajstić information content (AvgIpc) is 2.76. The molecule has 96 valence electrons. The summed E-state index contributed by atoms with van der Waals surface area (Å²) in [5.41, 5.74) is 0.421. The summed E-state index contributed by atoms with van der Waals surface area (Å²) in [5, 5.41) is 11.9. The van der Waals surface area contributed by atoms with Gasteiger partial charge in [0.05, 0.1) is 0 Å². The minimum atomic E-state index is -0.176. The summed E-state index contributed by atoms with van der Waals surface area (Å²) >= 11 is 0. The van der Waals surface area contributed by atoms with Crippen molar-refractivity contribution in [1.82, 2.24) is 24.7 Å². The predicted octanol–water partition coefficient (Wildman–Crippen LogP) is -0.679. The van der Waals surface area contributed by atoms with Crippen molar-refractivity contribution in [2.24, 2.45) is 0 Å². The summed E-state index contributed by atoms with van der Waals surface area (Å²) in [6.07, 6.45) is 0. The van der Waals surface area contributed by atoms with Crippen LogP contribution in [0, 0.1) is 0 Å².